The molecule has 5 aromatic carbocycles. The zero-order valence-electron chi connectivity index (χ0n) is 21.6. The normalized spacial score (nSPS) is 10.9. The van der Waals surface area contributed by atoms with E-state index in [-0.39, 0.29) is 11.3 Å². The number of hydrogen-bond acceptors (Lipinski definition) is 5. The van der Waals surface area contributed by atoms with Gasteiger partial charge in [-0.3, -0.25) is 4.79 Å². The van der Waals surface area contributed by atoms with E-state index in [9.17, 15) is 9.59 Å². The Morgan fingerprint density at radius 1 is 0.850 bits per heavy atom. The van der Waals surface area contributed by atoms with Crippen LogP contribution >= 0.6 is 11.6 Å². The van der Waals surface area contributed by atoms with Crippen LogP contribution in [-0.2, 0) is 6.61 Å². The number of nitrogens with zero attached hydrogens (tertiary/aromatic N) is 1. The molecule has 0 atom stereocenters. The van der Waals surface area contributed by atoms with Gasteiger partial charge >= 0.3 is 5.97 Å². The molecule has 0 fully saturated rings. The molecular weight excluding hydrogens is 524 g/mol. The molecule has 40 heavy (non-hydrogen) atoms. The van der Waals surface area contributed by atoms with Crippen LogP contribution in [0.1, 0.15) is 37.4 Å². The summed E-state index contributed by atoms with van der Waals surface area (Å²) < 4.78 is 11.5. The molecule has 6 nitrogen and oxygen atoms in total. The second-order valence-corrected chi connectivity index (χ2v) is 9.47. The van der Waals surface area contributed by atoms with E-state index < -0.39 is 11.9 Å². The zero-order chi connectivity index (χ0) is 27.9. The minimum absolute atomic E-state index is 0.250. The third kappa shape index (κ3) is 6.37. The summed E-state index contributed by atoms with van der Waals surface area (Å²) in [6.07, 6.45) is 1.47. The largest absolute Gasteiger partial charge is 0.489 e. The van der Waals surface area contributed by atoms with Crippen molar-refractivity contribution in [3.05, 3.63) is 142 Å². The Morgan fingerprint density at radius 3 is 2.35 bits per heavy atom. The molecule has 198 valence electrons. The number of hydrogen-bond donors (Lipinski definition) is 1. The van der Waals surface area contributed by atoms with Crippen LogP contribution in [0.4, 0.5) is 0 Å². The monoisotopic (exact) mass is 548 g/mol. The molecule has 0 spiro atoms. The number of amides is 1. The molecular formula is C33H25ClN2O4. The lowest BCUT2D eigenvalue weighted by atomic mass is 10.0. The van der Waals surface area contributed by atoms with Crippen molar-refractivity contribution < 1.29 is 19.1 Å². The quantitative estimate of drug-likeness (QED) is 0.0950. The molecule has 1 N–H and O–H groups in total. The number of halogens is 1. The van der Waals surface area contributed by atoms with Crippen molar-refractivity contribution in [3.8, 4) is 11.5 Å². The maximum Gasteiger partial charge on any atom is 0.345 e. The first-order valence-corrected chi connectivity index (χ1v) is 13.0. The Morgan fingerprint density at radius 2 is 1.57 bits per heavy atom. The predicted molar refractivity (Wildman–Crippen MR) is 157 cm³/mol. The van der Waals surface area contributed by atoms with Gasteiger partial charge in [-0.15, -0.1) is 0 Å². The second-order valence-electron chi connectivity index (χ2n) is 9.07. The lowest BCUT2D eigenvalue weighted by molar-refractivity contribution is 0.0734. The van der Waals surface area contributed by atoms with Crippen LogP contribution in [0.3, 0.4) is 0 Å². The average Bonchev–Trinajstić information content (AvgIpc) is 2.98. The van der Waals surface area contributed by atoms with Crippen molar-refractivity contribution in [3.63, 3.8) is 0 Å². The maximum absolute atomic E-state index is 12.8. The number of rotatable bonds is 8. The SMILES string of the molecule is Cc1ccc(COc2ccc(C(=O)NN=Cc3c(OC(=O)c4ccccc4Cl)ccc4ccccc34)cc2)cc1. The molecule has 0 aromatic heterocycles. The van der Waals surface area contributed by atoms with Crippen molar-refractivity contribution >= 4 is 40.5 Å². The van der Waals surface area contributed by atoms with Gasteiger partial charge < -0.3 is 9.47 Å². The second kappa shape index (κ2) is 12.3. The van der Waals surface area contributed by atoms with Crippen LogP contribution in [0.5, 0.6) is 11.5 Å². The molecule has 5 rings (SSSR count). The fourth-order valence-electron chi connectivity index (χ4n) is 4.05. The molecule has 0 aliphatic heterocycles. The number of carbonyl (C=O) groups excluding carboxylic acids is 2. The first-order chi connectivity index (χ1) is 19.5. The highest BCUT2D eigenvalue weighted by atomic mass is 35.5. The van der Waals surface area contributed by atoms with Crippen molar-refractivity contribution in [1.82, 2.24) is 5.43 Å². The molecule has 0 saturated carbocycles. The summed E-state index contributed by atoms with van der Waals surface area (Å²) in [4.78, 5) is 25.6. The Labute approximate surface area is 236 Å². The van der Waals surface area contributed by atoms with Crippen LogP contribution in [0, 0.1) is 6.92 Å². The number of esters is 1. The van der Waals surface area contributed by atoms with Crippen molar-refractivity contribution in [1.29, 1.82) is 0 Å². The Balaban J connectivity index is 1.29. The van der Waals surface area contributed by atoms with Gasteiger partial charge in [-0.2, -0.15) is 5.10 Å². The lowest BCUT2D eigenvalue weighted by Crippen LogP contribution is -2.17. The summed E-state index contributed by atoms with van der Waals surface area (Å²) >= 11 is 6.17. The van der Waals surface area contributed by atoms with Crippen molar-refractivity contribution in [2.45, 2.75) is 13.5 Å². The van der Waals surface area contributed by atoms with Crippen LogP contribution in [0.15, 0.2) is 114 Å². The molecule has 0 aliphatic carbocycles. The average molecular weight is 549 g/mol. The third-order valence-electron chi connectivity index (χ3n) is 6.23. The van der Waals surface area contributed by atoms with Gasteiger partial charge in [-0.05, 0) is 65.7 Å². The molecule has 5 aromatic rings. The summed E-state index contributed by atoms with van der Waals surface area (Å²) in [5.74, 6) is -0.0431. The van der Waals surface area contributed by atoms with Gasteiger partial charge in [0.2, 0.25) is 0 Å². The molecule has 7 heteroatoms. The Bertz CT molecular complexity index is 1700. The first kappa shape index (κ1) is 26.7. The molecule has 0 radical (unpaired) electrons. The van der Waals surface area contributed by atoms with E-state index in [0.29, 0.717) is 28.5 Å². The molecule has 0 aliphatic rings. The van der Waals surface area contributed by atoms with Gasteiger partial charge in [0.1, 0.15) is 18.1 Å². The molecule has 0 bridgehead atoms. The van der Waals surface area contributed by atoms with Crippen LogP contribution < -0.4 is 14.9 Å². The number of nitrogens with one attached hydrogen (secondary N) is 1. The predicted octanol–water partition coefficient (Wildman–Crippen LogP) is 7.36. The zero-order valence-corrected chi connectivity index (χ0v) is 22.4. The summed E-state index contributed by atoms with van der Waals surface area (Å²) in [5.41, 5.74) is 6.01. The maximum atomic E-state index is 12.8. The van der Waals surface area contributed by atoms with Crippen molar-refractivity contribution in [2.75, 3.05) is 0 Å². The molecule has 1 amide bonds. The smallest absolute Gasteiger partial charge is 0.345 e. The summed E-state index contributed by atoms with van der Waals surface area (Å²) in [6.45, 7) is 2.47. The Kier molecular flexibility index (Phi) is 8.18. The Hall–Kier alpha value is -4.94. The van der Waals surface area contributed by atoms with E-state index >= 15 is 0 Å². The topological polar surface area (TPSA) is 77.0 Å². The van der Waals surface area contributed by atoms with Crippen LogP contribution in [0.2, 0.25) is 5.02 Å². The van der Waals surface area contributed by atoms with E-state index in [2.05, 4.69) is 10.5 Å². The van der Waals surface area contributed by atoms with Crippen LogP contribution in [-0.4, -0.2) is 18.1 Å². The molecule has 0 unspecified atom stereocenters. The van der Waals surface area contributed by atoms with Gasteiger partial charge in [-0.25, -0.2) is 10.2 Å². The number of hydrazone groups is 1. The molecule has 0 saturated heterocycles. The van der Waals surface area contributed by atoms with E-state index in [1.165, 1.54) is 11.8 Å². The third-order valence-corrected chi connectivity index (χ3v) is 6.56. The summed E-state index contributed by atoms with van der Waals surface area (Å²) in [7, 11) is 0. The lowest BCUT2D eigenvalue weighted by Gasteiger charge is -2.11. The van der Waals surface area contributed by atoms with Gasteiger partial charge in [0, 0.05) is 11.1 Å². The number of fused-ring (bicyclic) bond motifs is 1. The highest BCUT2D eigenvalue weighted by Gasteiger charge is 2.16. The van der Waals surface area contributed by atoms with E-state index in [0.717, 1.165) is 16.3 Å². The minimum Gasteiger partial charge on any atom is -0.489 e. The highest BCUT2D eigenvalue weighted by molar-refractivity contribution is 6.33. The number of carbonyl (C=O) groups is 2. The van der Waals surface area contributed by atoms with Gasteiger partial charge in [0.05, 0.1) is 16.8 Å². The van der Waals surface area contributed by atoms with Crippen LogP contribution in [0.25, 0.3) is 10.8 Å². The summed E-state index contributed by atoms with van der Waals surface area (Å²) in [5, 5.41) is 6.18. The highest BCUT2D eigenvalue weighted by Crippen LogP contribution is 2.28. The molecule has 0 heterocycles. The van der Waals surface area contributed by atoms with Gasteiger partial charge in [0.25, 0.3) is 5.91 Å². The van der Waals surface area contributed by atoms with Crippen molar-refractivity contribution in [2.24, 2.45) is 5.10 Å². The fraction of sp³-hybridized carbons (Fsp3) is 0.0606. The first-order valence-electron chi connectivity index (χ1n) is 12.6. The number of aryl methyl sites for hydroxylation is 1. The number of benzene rings is 5. The number of ether oxygens (including phenoxy) is 2. The fourth-order valence-corrected chi connectivity index (χ4v) is 4.27. The minimum atomic E-state index is -0.593. The van der Waals surface area contributed by atoms with E-state index in [1.54, 1.807) is 54.6 Å². The summed E-state index contributed by atoms with van der Waals surface area (Å²) in [6, 6.07) is 32.8. The van der Waals surface area contributed by atoms with Gasteiger partial charge in [0.15, 0.2) is 0 Å². The standard InChI is InChI=1S/C33H25ClN2O4/c1-22-10-12-23(13-11-22)21-39-26-17-14-25(15-18-26)32(37)36-35-20-29-27-7-3-2-6-24(27)16-19-31(29)40-33(38)28-8-4-5-9-30(28)34/h2-20H,21H2,1H3,(H,36,37). The van der Waals surface area contributed by atoms with E-state index in [1.807, 2.05) is 61.5 Å². The van der Waals surface area contributed by atoms with E-state index in [4.69, 9.17) is 21.1 Å². The van der Waals surface area contributed by atoms with Gasteiger partial charge in [-0.1, -0.05) is 83.9 Å².